The van der Waals surface area contributed by atoms with Gasteiger partial charge in [0.2, 0.25) is 0 Å². The molecule has 0 bridgehead atoms. The fourth-order valence-electron chi connectivity index (χ4n) is 3.63. The second kappa shape index (κ2) is 7.12. The molecule has 5 aromatic rings. The third kappa shape index (κ3) is 3.01. The summed E-state index contributed by atoms with van der Waals surface area (Å²) in [5.74, 6) is -1.86. The quantitative estimate of drug-likeness (QED) is 0.182. The molecular weight excluding hydrogens is 386 g/mol. The van der Waals surface area contributed by atoms with Crippen LogP contribution >= 0.6 is 0 Å². The number of ether oxygens (including phenoxy) is 2. The standard InChI is InChI=1S/C25H14F2O3/c26-20-13-12-17-14-16-7-2-4-10-19(16)24(22(17)23(20)27)30-25(28)29-21-11-5-8-15-6-1-3-9-18(15)21/h1-14H. The van der Waals surface area contributed by atoms with Crippen molar-refractivity contribution in [3.63, 3.8) is 0 Å². The number of hydrogen-bond acceptors (Lipinski definition) is 3. The molecule has 30 heavy (non-hydrogen) atoms. The van der Waals surface area contributed by atoms with Crippen LogP contribution in [-0.2, 0) is 0 Å². The highest BCUT2D eigenvalue weighted by Crippen LogP contribution is 2.37. The molecule has 0 unspecified atom stereocenters. The first kappa shape index (κ1) is 18.1. The molecule has 0 fully saturated rings. The first-order chi connectivity index (χ1) is 14.6. The summed E-state index contributed by atoms with van der Waals surface area (Å²) in [7, 11) is 0. The van der Waals surface area contributed by atoms with Crippen LogP contribution in [0.4, 0.5) is 13.6 Å². The van der Waals surface area contributed by atoms with E-state index in [4.69, 9.17) is 9.47 Å². The van der Waals surface area contributed by atoms with E-state index in [1.807, 2.05) is 36.4 Å². The monoisotopic (exact) mass is 400 g/mol. The van der Waals surface area contributed by atoms with Crippen LogP contribution in [0.15, 0.2) is 84.9 Å². The highest BCUT2D eigenvalue weighted by molar-refractivity contribution is 6.06. The van der Waals surface area contributed by atoms with E-state index in [1.54, 1.807) is 36.4 Å². The molecule has 0 aliphatic rings. The molecule has 0 N–H and O–H groups in total. The van der Waals surface area contributed by atoms with Gasteiger partial charge in [0.15, 0.2) is 17.4 Å². The Kier molecular flexibility index (Phi) is 4.29. The number of fused-ring (bicyclic) bond motifs is 3. The van der Waals surface area contributed by atoms with Crippen LogP contribution in [0.1, 0.15) is 0 Å². The van der Waals surface area contributed by atoms with Gasteiger partial charge in [0, 0.05) is 10.8 Å². The number of carbonyl (C=O) groups excluding carboxylic acids is 1. The maximum absolute atomic E-state index is 14.7. The van der Waals surface area contributed by atoms with Crippen LogP contribution in [-0.4, -0.2) is 6.16 Å². The number of benzene rings is 5. The summed E-state index contributed by atoms with van der Waals surface area (Å²) in [6, 6.07) is 24.0. The van der Waals surface area contributed by atoms with Gasteiger partial charge < -0.3 is 9.47 Å². The second-order valence-electron chi connectivity index (χ2n) is 6.82. The Labute approximate surface area is 170 Å². The van der Waals surface area contributed by atoms with Gasteiger partial charge in [-0.25, -0.2) is 13.6 Å². The zero-order chi connectivity index (χ0) is 20.7. The fourth-order valence-corrected chi connectivity index (χ4v) is 3.63. The van der Waals surface area contributed by atoms with Crippen LogP contribution in [0.3, 0.4) is 0 Å². The smallest absolute Gasteiger partial charge is 0.394 e. The number of hydrogen-bond donors (Lipinski definition) is 0. The van der Waals surface area contributed by atoms with Crippen molar-refractivity contribution in [1.29, 1.82) is 0 Å². The maximum atomic E-state index is 14.7. The van der Waals surface area contributed by atoms with Crippen LogP contribution in [0.2, 0.25) is 0 Å². The molecule has 0 amide bonds. The van der Waals surface area contributed by atoms with Crippen molar-refractivity contribution in [2.24, 2.45) is 0 Å². The van der Waals surface area contributed by atoms with Crippen molar-refractivity contribution in [3.8, 4) is 11.5 Å². The minimum absolute atomic E-state index is 0.0784. The van der Waals surface area contributed by atoms with Crippen molar-refractivity contribution < 1.29 is 23.0 Å². The summed E-state index contributed by atoms with van der Waals surface area (Å²) in [5.41, 5.74) is 0. The summed E-state index contributed by atoms with van der Waals surface area (Å²) < 4.78 is 39.5. The van der Waals surface area contributed by atoms with Crippen molar-refractivity contribution in [2.75, 3.05) is 0 Å². The van der Waals surface area contributed by atoms with Crippen molar-refractivity contribution in [2.45, 2.75) is 0 Å². The Morgan fingerprint density at radius 2 is 1.37 bits per heavy atom. The lowest BCUT2D eigenvalue weighted by Gasteiger charge is -2.13. The average molecular weight is 400 g/mol. The Morgan fingerprint density at radius 1 is 0.667 bits per heavy atom. The van der Waals surface area contributed by atoms with E-state index in [0.29, 0.717) is 16.5 Å². The second-order valence-corrected chi connectivity index (χ2v) is 6.82. The van der Waals surface area contributed by atoms with Gasteiger partial charge in [-0.1, -0.05) is 66.7 Å². The molecule has 0 radical (unpaired) electrons. The lowest BCUT2D eigenvalue weighted by atomic mass is 10.0. The molecule has 0 aromatic heterocycles. The molecule has 0 saturated carbocycles. The van der Waals surface area contributed by atoms with E-state index in [-0.39, 0.29) is 11.1 Å². The molecule has 0 atom stereocenters. The van der Waals surface area contributed by atoms with Gasteiger partial charge in [-0.05, 0) is 34.4 Å². The predicted molar refractivity (Wildman–Crippen MR) is 112 cm³/mol. The Bertz CT molecular complexity index is 1440. The number of halogens is 2. The average Bonchev–Trinajstić information content (AvgIpc) is 2.76. The lowest BCUT2D eigenvalue weighted by Crippen LogP contribution is -2.14. The molecule has 146 valence electrons. The number of rotatable bonds is 2. The van der Waals surface area contributed by atoms with Crippen LogP contribution in [0.25, 0.3) is 32.3 Å². The van der Waals surface area contributed by atoms with Crippen molar-refractivity contribution >= 4 is 38.5 Å². The summed E-state index contributed by atoms with van der Waals surface area (Å²) in [6.07, 6.45) is -1.03. The van der Waals surface area contributed by atoms with Gasteiger partial charge in [0.25, 0.3) is 0 Å². The molecule has 0 aliphatic heterocycles. The van der Waals surface area contributed by atoms with Gasteiger partial charge in [0.1, 0.15) is 5.75 Å². The van der Waals surface area contributed by atoms with Crippen LogP contribution in [0.5, 0.6) is 11.5 Å². The van der Waals surface area contributed by atoms with E-state index >= 15 is 0 Å². The molecule has 0 spiro atoms. The highest BCUT2D eigenvalue weighted by Gasteiger charge is 2.20. The largest absolute Gasteiger partial charge is 0.519 e. The predicted octanol–water partition coefficient (Wildman–Crippen LogP) is 7.00. The SMILES string of the molecule is O=C(Oc1cccc2ccccc12)Oc1c2ccccc2cc2ccc(F)c(F)c12. The fraction of sp³-hybridized carbons (Fsp3) is 0. The molecule has 3 nitrogen and oxygen atoms in total. The van der Waals surface area contributed by atoms with Crippen LogP contribution < -0.4 is 9.47 Å². The van der Waals surface area contributed by atoms with Gasteiger partial charge >= 0.3 is 6.16 Å². The van der Waals surface area contributed by atoms with Gasteiger partial charge in [-0.3, -0.25) is 0 Å². The molecule has 5 heteroatoms. The zero-order valence-corrected chi connectivity index (χ0v) is 15.6. The van der Waals surface area contributed by atoms with Gasteiger partial charge in [0.05, 0.1) is 5.39 Å². The minimum Gasteiger partial charge on any atom is -0.394 e. The molecule has 0 saturated heterocycles. The molecule has 5 rings (SSSR count). The lowest BCUT2D eigenvalue weighted by molar-refractivity contribution is 0.153. The highest BCUT2D eigenvalue weighted by atomic mass is 19.2. The Balaban J connectivity index is 1.61. The Hall–Kier alpha value is -3.99. The molecule has 0 aliphatic carbocycles. The van der Waals surface area contributed by atoms with Crippen LogP contribution in [0, 0.1) is 11.6 Å². The van der Waals surface area contributed by atoms with E-state index < -0.39 is 17.8 Å². The summed E-state index contributed by atoms with van der Waals surface area (Å²) >= 11 is 0. The van der Waals surface area contributed by atoms with E-state index in [0.717, 1.165) is 22.2 Å². The first-order valence-corrected chi connectivity index (χ1v) is 9.29. The minimum atomic E-state index is -1.08. The molecule has 0 heterocycles. The van der Waals surface area contributed by atoms with Gasteiger partial charge in [-0.15, -0.1) is 0 Å². The van der Waals surface area contributed by atoms with E-state index in [9.17, 15) is 13.6 Å². The van der Waals surface area contributed by atoms with E-state index in [1.165, 1.54) is 6.07 Å². The Morgan fingerprint density at radius 3 is 2.20 bits per heavy atom. The molecular formula is C25H14F2O3. The third-order valence-electron chi connectivity index (χ3n) is 5.00. The normalized spacial score (nSPS) is 11.1. The summed E-state index contributed by atoms with van der Waals surface area (Å²) in [5, 5.41) is 3.14. The zero-order valence-electron chi connectivity index (χ0n) is 15.6. The van der Waals surface area contributed by atoms with Crippen molar-refractivity contribution in [1.82, 2.24) is 0 Å². The topological polar surface area (TPSA) is 35.5 Å². The summed E-state index contributed by atoms with van der Waals surface area (Å²) in [6.45, 7) is 0. The molecule has 5 aromatic carbocycles. The van der Waals surface area contributed by atoms with Crippen molar-refractivity contribution in [3.05, 3.63) is 96.6 Å². The third-order valence-corrected chi connectivity index (χ3v) is 5.00. The maximum Gasteiger partial charge on any atom is 0.519 e. The van der Waals surface area contributed by atoms with E-state index in [2.05, 4.69) is 0 Å². The number of carbonyl (C=O) groups is 1. The summed E-state index contributed by atoms with van der Waals surface area (Å²) in [4.78, 5) is 12.6. The first-order valence-electron chi connectivity index (χ1n) is 9.29. The van der Waals surface area contributed by atoms with Gasteiger partial charge in [-0.2, -0.15) is 0 Å².